The Labute approximate surface area is 140 Å². The van der Waals surface area contributed by atoms with Crippen LogP contribution in [0.4, 0.5) is 0 Å². The Balaban J connectivity index is 1.55. The number of hydrogen-bond donors (Lipinski definition) is 2. The van der Waals surface area contributed by atoms with Gasteiger partial charge in [-0.25, -0.2) is 0 Å². The summed E-state index contributed by atoms with van der Waals surface area (Å²) in [5.41, 5.74) is 3.21. The van der Waals surface area contributed by atoms with Gasteiger partial charge < -0.3 is 10.3 Å². The smallest absolute Gasteiger partial charge is 0.244 e. The Kier molecular flexibility index (Phi) is 4.79. The molecule has 116 valence electrons. The highest BCUT2D eigenvalue weighted by molar-refractivity contribution is 6.31. The molecule has 0 aliphatic carbocycles. The van der Waals surface area contributed by atoms with Crippen molar-refractivity contribution in [3.63, 3.8) is 0 Å². The van der Waals surface area contributed by atoms with E-state index >= 15 is 0 Å². The van der Waals surface area contributed by atoms with E-state index in [2.05, 4.69) is 10.3 Å². The van der Waals surface area contributed by atoms with Crippen LogP contribution in [0.25, 0.3) is 17.0 Å². The molecule has 3 nitrogen and oxygen atoms in total. The Morgan fingerprint density at radius 3 is 2.83 bits per heavy atom. The summed E-state index contributed by atoms with van der Waals surface area (Å²) in [6.07, 6.45) is 6.08. The quantitative estimate of drug-likeness (QED) is 0.679. The predicted octanol–water partition coefficient (Wildman–Crippen LogP) is 4.19. The number of H-pyrrole nitrogens is 1. The van der Waals surface area contributed by atoms with Gasteiger partial charge in [0.2, 0.25) is 5.91 Å². The summed E-state index contributed by atoms with van der Waals surface area (Å²) in [5.74, 6) is -0.0910. The number of rotatable bonds is 5. The number of carbonyl (C=O) groups excluding carboxylic acids is 1. The lowest BCUT2D eigenvalue weighted by Crippen LogP contribution is -2.23. The molecular weight excluding hydrogens is 308 g/mol. The van der Waals surface area contributed by atoms with Gasteiger partial charge in [0.25, 0.3) is 0 Å². The fraction of sp³-hybridized carbons (Fsp3) is 0.105. The minimum absolute atomic E-state index is 0.0910. The van der Waals surface area contributed by atoms with Crippen molar-refractivity contribution in [2.45, 2.75) is 6.42 Å². The second kappa shape index (κ2) is 7.16. The first kappa shape index (κ1) is 15.4. The maximum atomic E-state index is 11.8. The van der Waals surface area contributed by atoms with E-state index in [9.17, 15) is 4.79 Å². The highest BCUT2D eigenvalue weighted by atomic mass is 35.5. The maximum absolute atomic E-state index is 11.8. The summed E-state index contributed by atoms with van der Waals surface area (Å²) in [7, 11) is 0. The van der Waals surface area contributed by atoms with Crippen LogP contribution in [0.1, 0.15) is 11.1 Å². The second-order valence-electron chi connectivity index (χ2n) is 5.29. The second-order valence-corrected chi connectivity index (χ2v) is 5.73. The molecule has 23 heavy (non-hydrogen) atoms. The summed E-state index contributed by atoms with van der Waals surface area (Å²) in [5, 5.41) is 4.72. The van der Waals surface area contributed by atoms with Crippen molar-refractivity contribution >= 4 is 34.5 Å². The average molecular weight is 325 g/mol. The van der Waals surface area contributed by atoms with Crippen LogP contribution in [0.5, 0.6) is 0 Å². The molecule has 0 bridgehead atoms. The molecule has 0 unspecified atom stereocenters. The van der Waals surface area contributed by atoms with Crippen molar-refractivity contribution in [1.82, 2.24) is 10.3 Å². The summed E-state index contributed by atoms with van der Waals surface area (Å²) in [6, 6.07) is 15.5. The lowest BCUT2D eigenvalue weighted by Gasteiger charge is -2.02. The molecule has 0 aliphatic rings. The van der Waals surface area contributed by atoms with Crippen LogP contribution < -0.4 is 5.32 Å². The Hall–Kier alpha value is -2.52. The maximum Gasteiger partial charge on any atom is 0.244 e. The average Bonchev–Trinajstić information content (AvgIpc) is 2.96. The molecule has 2 N–H and O–H groups in total. The Morgan fingerprint density at radius 1 is 1.17 bits per heavy atom. The number of halogens is 1. The first-order chi connectivity index (χ1) is 11.2. The third-order valence-electron chi connectivity index (χ3n) is 3.65. The van der Waals surface area contributed by atoms with Crippen LogP contribution in [0.2, 0.25) is 5.02 Å². The fourth-order valence-electron chi connectivity index (χ4n) is 2.47. The van der Waals surface area contributed by atoms with E-state index in [0.717, 1.165) is 28.5 Å². The van der Waals surface area contributed by atoms with Gasteiger partial charge in [-0.2, -0.15) is 0 Å². The van der Waals surface area contributed by atoms with E-state index in [-0.39, 0.29) is 5.91 Å². The molecule has 0 radical (unpaired) electrons. The zero-order valence-electron chi connectivity index (χ0n) is 12.6. The number of fused-ring (bicyclic) bond motifs is 1. The molecule has 4 heteroatoms. The van der Waals surface area contributed by atoms with Crippen LogP contribution in [0, 0.1) is 0 Å². The van der Waals surface area contributed by atoms with Crippen molar-refractivity contribution in [3.05, 3.63) is 77.0 Å². The van der Waals surface area contributed by atoms with Crippen molar-refractivity contribution in [1.29, 1.82) is 0 Å². The van der Waals surface area contributed by atoms with Crippen molar-refractivity contribution < 1.29 is 4.79 Å². The first-order valence-corrected chi connectivity index (χ1v) is 7.86. The zero-order chi connectivity index (χ0) is 16.1. The molecular formula is C19H17ClN2O. The summed E-state index contributed by atoms with van der Waals surface area (Å²) in [6.45, 7) is 0.581. The van der Waals surface area contributed by atoms with Gasteiger partial charge in [0.1, 0.15) is 0 Å². The van der Waals surface area contributed by atoms with Crippen LogP contribution in [-0.2, 0) is 11.2 Å². The molecule has 1 heterocycles. The van der Waals surface area contributed by atoms with Gasteiger partial charge in [-0.15, -0.1) is 0 Å². The molecule has 0 saturated carbocycles. The summed E-state index contributed by atoms with van der Waals surface area (Å²) in [4.78, 5) is 15.1. The standard InChI is InChI=1S/C19H17ClN2O/c20-16-7-8-18-17(12-16)15(13-22-18)10-11-21-19(23)9-6-14-4-2-1-3-5-14/h1-9,12-13,22H,10-11H2,(H,21,23)/b9-6+. The minimum Gasteiger partial charge on any atom is -0.361 e. The zero-order valence-corrected chi connectivity index (χ0v) is 13.3. The lowest BCUT2D eigenvalue weighted by molar-refractivity contribution is -0.116. The predicted molar refractivity (Wildman–Crippen MR) is 95.5 cm³/mol. The third-order valence-corrected chi connectivity index (χ3v) is 3.88. The van der Waals surface area contributed by atoms with E-state index < -0.39 is 0 Å². The molecule has 0 saturated heterocycles. The SMILES string of the molecule is O=C(/C=C/c1ccccc1)NCCc1c[nH]c2ccc(Cl)cc12. The van der Waals surface area contributed by atoms with E-state index in [1.165, 1.54) is 0 Å². The van der Waals surface area contributed by atoms with Gasteiger partial charge in [0.15, 0.2) is 0 Å². The molecule has 3 aromatic rings. The monoisotopic (exact) mass is 324 g/mol. The summed E-state index contributed by atoms with van der Waals surface area (Å²) < 4.78 is 0. The fourth-order valence-corrected chi connectivity index (χ4v) is 2.64. The van der Waals surface area contributed by atoms with Gasteiger partial charge in [-0.3, -0.25) is 4.79 Å². The lowest BCUT2D eigenvalue weighted by atomic mass is 10.1. The van der Waals surface area contributed by atoms with Crippen LogP contribution in [0.15, 0.2) is 60.8 Å². The number of aromatic nitrogens is 1. The van der Waals surface area contributed by atoms with E-state index in [1.54, 1.807) is 12.2 Å². The molecule has 1 amide bonds. The van der Waals surface area contributed by atoms with Crippen molar-refractivity contribution in [2.75, 3.05) is 6.54 Å². The van der Waals surface area contributed by atoms with Gasteiger partial charge in [0, 0.05) is 34.7 Å². The molecule has 1 aromatic heterocycles. The van der Waals surface area contributed by atoms with Crippen LogP contribution in [0.3, 0.4) is 0 Å². The third kappa shape index (κ3) is 4.02. The molecule has 0 spiro atoms. The molecule has 3 rings (SSSR count). The number of aromatic amines is 1. The number of carbonyl (C=O) groups is 1. The van der Waals surface area contributed by atoms with Crippen LogP contribution >= 0.6 is 11.6 Å². The number of hydrogen-bond acceptors (Lipinski definition) is 1. The van der Waals surface area contributed by atoms with E-state index in [4.69, 9.17) is 11.6 Å². The number of benzene rings is 2. The van der Waals surface area contributed by atoms with Crippen molar-refractivity contribution in [2.24, 2.45) is 0 Å². The first-order valence-electron chi connectivity index (χ1n) is 7.49. The minimum atomic E-state index is -0.0910. The van der Waals surface area contributed by atoms with Gasteiger partial charge in [-0.1, -0.05) is 41.9 Å². The largest absolute Gasteiger partial charge is 0.361 e. The van der Waals surface area contributed by atoms with Gasteiger partial charge in [0.05, 0.1) is 0 Å². The topological polar surface area (TPSA) is 44.9 Å². The van der Waals surface area contributed by atoms with Crippen LogP contribution in [-0.4, -0.2) is 17.4 Å². The normalized spacial score (nSPS) is 11.2. The molecule has 0 atom stereocenters. The van der Waals surface area contributed by atoms with E-state index in [1.807, 2.05) is 54.7 Å². The molecule has 0 aliphatic heterocycles. The highest BCUT2D eigenvalue weighted by Crippen LogP contribution is 2.22. The molecule has 2 aromatic carbocycles. The Morgan fingerprint density at radius 2 is 2.00 bits per heavy atom. The summed E-state index contributed by atoms with van der Waals surface area (Å²) >= 11 is 6.04. The molecule has 0 fully saturated rings. The number of amides is 1. The highest BCUT2D eigenvalue weighted by Gasteiger charge is 2.04. The van der Waals surface area contributed by atoms with E-state index in [0.29, 0.717) is 11.6 Å². The van der Waals surface area contributed by atoms with Gasteiger partial charge >= 0.3 is 0 Å². The van der Waals surface area contributed by atoms with Crippen molar-refractivity contribution in [3.8, 4) is 0 Å². The van der Waals surface area contributed by atoms with Gasteiger partial charge in [-0.05, 0) is 41.8 Å². The number of nitrogens with one attached hydrogen (secondary N) is 2. The Bertz CT molecular complexity index is 837.